The summed E-state index contributed by atoms with van der Waals surface area (Å²) in [5, 5.41) is 0. The summed E-state index contributed by atoms with van der Waals surface area (Å²) in [5.74, 6) is 2.86. The Bertz CT molecular complexity index is 2060. The van der Waals surface area contributed by atoms with Gasteiger partial charge < -0.3 is 38.1 Å². The van der Waals surface area contributed by atoms with Crippen molar-refractivity contribution >= 4 is 42.9 Å². The standard InChI is InChI=1S/C42H45F3N4O7.3ClH/c1-50-36-19-29(20-37(51-2)40(36)54-5)31-17-28(23-46-24-31)26-49(32-7-9-34(10-8-32)56-42(43,44)45)33-12-15-48(16-13-33)25-27-11-14-47-35(18-27)30-21-38(52-3)41(55-6)39(22-30)53-4;;;/h7-11,14,17-24,33H,12-13,15-16,25-26H2,1-6H3;3*1H. The quantitative estimate of drug-likeness (QED) is 0.101. The highest BCUT2D eigenvalue weighted by Gasteiger charge is 2.31. The van der Waals surface area contributed by atoms with Crippen molar-refractivity contribution in [2.45, 2.75) is 38.3 Å². The number of hydrogen-bond donors (Lipinski definition) is 0. The minimum Gasteiger partial charge on any atom is -0.493 e. The van der Waals surface area contributed by atoms with Crippen molar-refractivity contribution in [3.63, 3.8) is 0 Å². The highest BCUT2D eigenvalue weighted by molar-refractivity contribution is 5.86. The first-order valence-corrected chi connectivity index (χ1v) is 17.9. The van der Waals surface area contributed by atoms with E-state index in [1.807, 2.05) is 36.4 Å². The van der Waals surface area contributed by atoms with Gasteiger partial charge in [-0.2, -0.15) is 0 Å². The lowest BCUT2D eigenvalue weighted by Gasteiger charge is -2.40. The van der Waals surface area contributed by atoms with Crippen LogP contribution in [0.2, 0.25) is 0 Å². The van der Waals surface area contributed by atoms with Gasteiger partial charge in [0, 0.05) is 67.6 Å². The number of hydrogen-bond acceptors (Lipinski definition) is 11. The number of ether oxygens (including phenoxy) is 7. The molecule has 17 heteroatoms. The van der Waals surface area contributed by atoms with Gasteiger partial charge in [-0.25, -0.2) is 0 Å². The molecule has 1 fully saturated rings. The summed E-state index contributed by atoms with van der Waals surface area (Å²) in [5.41, 5.74) is 6.09. The number of methoxy groups -OCH3 is 6. The highest BCUT2D eigenvalue weighted by atomic mass is 35.5. The van der Waals surface area contributed by atoms with Gasteiger partial charge >= 0.3 is 6.36 Å². The lowest BCUT2D eigenvalue weighted by atomic mass is 9.99. The molecule has 3 aromatic carbocycles. The van der Waals surface area contributed by atoms with Crippen LogP contribution >= 0.6 is 37.2 Å². The SMILES string of the molecule is COc1cc(-c2cncc(CN(c3ccc(OC(F)(F)F)cc3)C3CCN(Cc4ccnc(-c5cc(OC)c(OC)c(OC)c5)c4)CC3)c2)cc(OC)c1OC.Cl.Cl.Cl. The van der Waals surface area contributed by atoms with Crippen LogP contribution in [0.15, 0.2) is 85.3 Å². The Morgan fingerprint density at radius 3 is 1.69 bits per heavy atom. The molecular formula is C42H48Cl3F3N4O7. The molecule has 0 aliphatic carbocycles. The number of likely N-dealkylation sites (tertiary alicyclic amines) is 1. The molecule has 0 saturated carbocycles. The van der Waals surface area contributed by atoms with Crippen molar-refractivity contribution in [1.29, 1.82) is 0 Å². The summed E-state index contributed by atoms with van der Waals surface area (Å²) in [6.45, 7) is 2.80. The van der Waals surface area contributed by atoms with Gasteiger partial charge in [0.15, 0.2) is 23.0 Å². The molecule has 11 nitrogen and oxygen atoms in total. The molecule has 1 aliphatic rings. The molecule has 2 aromatic heterocycles. The van der Waals surface area contributed by atoms with Crippen LogP contribution in [-0.2, 0) is 13.1 Å². The highest BCUT2D eigenvalue weighted by Crippen LogP contribution is 2.42. The molecule has 0 radical (unpaired) electrons. The van der Waals surface area contributed by atoms with E-state index >= 15 is 0 Å². The van der Waals surface area contributed by atoms with E-state index in [0.29, 0.717) is 41.0 Å². The number of anilines is 1. The third kappa shape index (κ3) is 11.8. The van der Waals surface area contributed by atoms with Gasteiger partial charge in [0.25, 0.3) is 0 Å². The molecular weight excluding hydrogens is 836 g/mol. The average Bonchev–Trinajstić information content (AvgIpc) is 3.22. The number of aromatic nitrogens is 2. The van der Waals surface area contributed by atoms with Gasteiger partial charge in [0.05, 0.1) is 48.4 Å². The fraction of sp³-hybridized carbons (Fsp3) is 0.333. The van der Waals surface area contributed by atoms with Crippen LogP contribution in [0.1, 0.15) is 24.0 Å². The van der Waals surface area contributed by atoms with Crippen LogP contribution in [0.4, 0.5) is 18.9 Å². The van der Waals surface area contributed by atoms with Crippen molar-refractivity contribution in [2.75, 3.05) is 60.6 Å². The van der Waals surface area contributed by atoms with Crippen LogP contribution in [-0.4, -0.2) is 83.0 Å². The second kappa shape index (κ2) is 21.8. The topological polar surface area (TPSA) is 96.9 Å². The summed E-state index contributed by atoms with van der Waals surface area (Å²) >= 11 is 0. The van der Waals surface area contributed by atoms with Gasteiger partial charge in [0.2, 0.25) is 11.5 Å². The summed E-state index contributed by atoms with van der Waals surface area (Å²) in [6, 6.07) is 19.8. The second-order valence-corrected chi connectivity index (χ2v) is 13.1. The smallest absolute Gasteiger partial charge is 0.493 e. The second-order valence-electron chi connectivity index (χ2n) is 13.1. The molecule has 0 atom stereocenters. The Hall–Kier alpha value is -5.02. The number of halogens is 6. The van der Waals surface area contributed by atoms with E-state index in [-0.39, 0.29) is 49.0 Å². The van der Waals surface area contributed by atoms with Crippen molar-refractivity contribution < 1.29 is 46.3 Å². The number of alkyl halides is 3. The third-order valence-corrected chi connectivity index (χ3v) is 9.74. The fourth-order valence-corrected chi connectivity index (χ4v) is 7.05. The van der Waals surface area contributed by atoms with Crippen molar-refractivity contribution in [1.82, 2.24) is 14.9 Å². The predicted molar refractivity (Wildman–Crippen MR) is 228 cm³/mol. The number of nitrogens with zero attached hydrogens (tertiary/aromatic N) is 4. The van der Waals surface area contributed by atoms with Crippen LogP contribution in [0.25, 0.3) is 22.4 Å². The number of piperidine rings is 1. The summed E-state index contributed by atoms with van der Waals surface area (Å²) in [7, 11) is 9.42. The molecule has 0 N–H and O–H groups in total. The van der Waals surface area contributed by atoms with E-state index in [2.05, 4.69) is 30.6 Å². The fourth-order valence-electron chi connectivity index (χ4n) is 7.05. The molecule has 3 heterocycles. The number of benzene rings is 3. The monoisotopic (exact) mass is 882 g/mol. The molecule has 0 amide bonds. The normalized spacial score (nSPS) is 12.8. The van der Waals surface area contributed by atoms with Gasteiger partial charge in [-0.05, 0) is 96.3 Å². The van der Waals surface area contributed by atoms with Crippen LogP contribution in [0.3, 0.4) is 0 Å². The van der Waals surface area contributed by atoms with Crippen LogP contribution in [0.5, 0.6) is 40.2 Å². The molecule has 6 rings (SSSR count). The van der Waals surface area contributed by atoms with E-state index in [1.54, 1.807) is 73.4 Å². The van der Waals surface area contributed by atoms with E-state index in [9.17, 15) is 13.2 Å². The van der Waals surface area contributed by atoms with E-state index in [0.717, 1.165) is 71.7 Å². The van der Waals surface area contributed by atoms with Gasteiger partial charge in [-0.3, -0.25) is 14.9 Å². The minimum atomic E-state index is -4.78. The van der Waals surface area contributed by atoms with Gasteiger partial charge in [0.1, 0.15) is 5.75 Å². The maximum absolute atomic E-state index is 13.0. The Balaban J connectivity index is 0.00000310. The average molecular weight is 884 g/mol. The molecule has 0 unspecified atom stereocenters. The van der Waals surface area contributed by atoms with Crippen LogP contribution < -0.4 is 38.1 Å². The Labute approximate surface area is 360 Å². The lowest BCUT2D eigenvalue weighted by Crippen LogP contribution is -2.44. The molecule has 59 heavy (non-hydrogen) atoms. The molecule has 0 spiro atoms. The maximum Gasteiger partial charge on any atom is 0.573 e. The number of rotatable bonds is 15. The maximum atomic E-state index is 13.0. The summed E-state index contributed by atoms with van der Waals surface area (Å²) < 4.78 is 76.4. The largest absolute Gasteiger partial charge is 0.573 e. The Kier molecular flexibility index (Phi) is 17.9. The molecule has 0 bridgehead atoms. The zero-order valence-electron chi connectivity index (χ0n) is 33.4. The zero-order chi connectivity index (χ0) is 39.8. The van der Waals surface area contributed by atoms with Gasteiger partial charge in [-0.1, -0.05) is 0 Å². The zero-order valence-corrected chi connectivity index (χ0v) is 35.9. The van der Waals surface area contributed by atoms with Crippen molar-refractivity contribution in [2.24, 2.45) is 0 Å². The summed E-state index contributed by atoms with van der Waals surface area (Å²) in [4.78, 5) is 13.8. The molecule has 1 saturated heterocycles. The van der Waals surface area contributed by atoms with Crippen LogP contribution in [0, 0.1) is 0 Å². The Morgan fingerprint density at radius 2 is 1.19 bits per heavy atom. The van der Waals surface area contributed by atoms with E-state index in [1.165, 1.54) is 12.1 Å². The first-order valence-electron chi connectivity index (χ1n) is 17.9. The Morgan fingerprint density at radius 1 is 0.644 bits per heavy atom. The van der Waals surface area contributed by atoms with Crippen molar-refractivity contribution in [3.8, 4) is 62.6 Å². The predicted octanol–water partition coefficient (Wildman–Crippen LogP) is 9.70. The molecule has 1 aliphatic heterocycles. The first kappa shape index (κ1) is 48.3. The summed E-state index contributed by atoms with van der Waals surface area (Å²) in [6.07, 6.45) is 2.24. The van der Waals surface area contributed by atoms with E-state index < -0.39 is 6.36 Å². The van der Waals surface area contributed by atoms with Gasteiger partial charge in [-0.15, -0.1) is 50.4 Å². The van der Waals surface area contributed by atoms with Crippen molar-refractivity contribution in [3.05, 3.63) is 96.4 Å². The van der Waals surface area contributed by atoms with E-state index in [4.69, 9.17) is 28.4 Å². The first-order chi connectivity index (χ1) is 27.1. The minimum absolute atomic E-state index is 0. The molecule has 320 valence electrons. The third-order valence-electron chi connectivity index (χ3n) is 9.74. The lowest BCUT2D eigenvalue weighted by molar-refractivity contribution is -0.274. The number of pyridine rings is 2. The molecule has 5 aromatic rings.